The maximum absolute atomic E-state index is 11.0. The maximum Gasteiger partial charge on any atom is 0.296 e. The molecule has 0 fully saturated rings. The Balaban J connectivity index is 2.11. The Bertz CT molecular complexity index is 697. The predicted octanol–water partition coefficient (Wildman–Crippen LogP) is 1.12. The molecule has 0 radical (unpaired) electrons. The van der Waals surface area contributed by atoms with Gasteiger partial charge in [0.25, 0.3) is 5.69 Å². The summed E-state index contributed by atoms with van der Waals surface area (Å²) in [5.74, 6) is 0.902. The molecular formula is C15H12NO5+. The summed E-state index contributed by atoms with van der Waals surface area (Å²) >= 11 is 0. The van der Waals surface area contributed by atoms with Gasteiger partial charge in [-0.2, -0.15) is 0 Å². The Morgan fingerprint density at radius 2 is 1.81 bits per heavy atom. The van der Waals surface area contributed by atoms with E-state index in [4.69, 9.17) is 9.47 Å². The number of nitroso groups, excluding NO2 is 1. The third-order valence-corrected chi connectivity index (χ3v) is 3.25. The SMILES string of the molecule is O=Cc1cc(-c2ccc3c(c2)OCCO3)cc([NH+]=O)c1O. The minimum absolute atomic E-state index is 0.0424. The molecule has 6 heteroatoms. The van der Waals surface area contributed by atoms with E-state index >= 15 is 0 Å². The van der Waals surface area contributed by atoms with E-state index in [9.17, 15) is 14.8 Å². The van der Waals surface area contributed by atoms with E-state index in [1.54, 1.807) is 23.4 Å². The second kappa shape index (κ2) is 5.24. The monoisotopic (exact) mass is 286 g/mol. The molecule has 3 rings (SSSR count). The number of carbonyl (C=O) groups excluding carboxylic acids is 1. The second-order valence-corrected chi connectivity index (χ2v) is 4.54. The van der Waals surface area contributed by atoms with Crippen LogP contribution in [0.3, 0.4) is 0 Å². The standard InChI is InChI=1S/C15H11NO5/c17-8-11-5-10(6-12(16-19)15(11)18)9-1-2-13-14(7-9)21-4-3-20-13/h1-2,5-8,18H,3-4H2/p+1. The molecule has 106 valence electrons. The summed E-state index contributed by atoms with van der Waals surface area (Å²) in [6.45, 7) is 0.976. The van der Waals surface area contributed by atoms with Crippen molar-refractivity contribution in [3.63, 3.8) is 0 Å². The molecule has 6 nitrogen and oxygen atoms in total. The van der Waals surface area contributed by atoms with E-state index in [1.165, 1.54) is 12.1 Å². The van der Waals surface area contributed by atoms with Gasteiger partial charge in [-0.15, -0.1) is 0 Å². The first-order valence-electron chi connectivity index (χ1n) is 6.33. The Labute approximate surface area is 119 Å². The number of nitrogens with one attached hydrogen (secondary N) is 1. The van der Waals surface area contributed by atoms with Gasteiger partial charge in [-0.05, 0) is 29.3 Å². The van der Waals surface area contributed by atoms with Gasteiger partial charge in [0.05, 0.1) is 5.56 Å². The lowest BCUT2D eigenvalue weighted by Crippen LogP contribution is -2.55. The number of aldehydes is 1. The Morgan fingerprint density at radius 1 is 1.05 bits per heavy atom. The molecule has 0 atom stereocenters. The van der Waals surface area contributed by atoms with Crippen molar-refractivity contribution >= 4 is 12.0 Å². The Hall–Kier alpha value is -2.89. The molecule has 1 aliphatic heterocycles. The number of fused-ring (bicyclic) bond motifs is 1. The van der Waals surface area contributed by atoms with Gasteiger partial charge in [-0.3, -0.25) is 4.79 Å². The third kappa shape index (κ3) is 2.31. The lowest BCUT2D eigenvalue weighted by molar-refractivity contribution is -0.380. The fourth-order valence-electron chi connectivity index (χ4n) is 2.21. The fraction of sp³-hybridized carbons (Fsp3) is 0.133. The van der Waals surface area contributed by atoms with Crippen LogP contribution in [0.5, 0.6) is 17.2 Å². The highest BCUT2D eigenvalue weighted by Crippen LogP contribution is 2.36. The highest BCUT2D eigenvalue weighted by atomic mass is 16.6. The molecule has 2 N–H and O–H groups in total. The Morgan fingerprint density at radius 3 is 2.52 bits per heavy atom. The molecule has 0 saturated carbocycles. The summed E-state index contributed by atoms with van der Waals surface area (Å²) in [5, 5.41) is 11.3. The fourth-order valence-corrected chi connectivity index (χ4v) is 2.21. The first kappa shape index (κ1) is 13.1. The number of benzene rings is 2. The van der Waals surface area contributed by atoms with Crippen molar-refractivity contribution in [3.8, 4) is 28.4 Å². The summed E-state index contributed by atoms with van der Waals surface area (Å²) in [6.07, 6.45) is 0.498. The van der Waals surface area contributed by atoms with Crippen LogP contribution in [0, 0.1) is 4.91 Å². The van der Waals surface area contributed by atoms with E-state index in [1.807, 2.05) is 0 Å². The number of phenols is 1. The van der Waals surface area contributed by atoms with Crippen LogP contribution in [0.4, 0.5) is 5.69 Å². The van der Waals surface area contributed by atoms with Crippen molar-refractivity contribution in [1.29, 1.82) is 0 Å². The lowest BCUT2D eigenvalue weighted by atomic mass is 10.0. The molecule has 0 bridgehead atoms. The number of carbonyl (C=O) groups is 1. The van der Waals surface area contributed by atoms with Crippen LogP contribution in [0.2, 0.25) is 0 Å². The third-order valence-electron chi connectivity index (χ3n) is 3.25. The molecule has 0 unspecified atom stereocenters. The minimum Gasteiger partial charge on any atom is -0.502 e. The molecule has 1 aliphatic rings. The van der Waals surface area contributed by atoms with Crippen LogP contribution in [-0.4, -0.2) is 24.6 Å². The van der Waals surface area contributed by atoms with Crippen molar-refractivity contribution in [2.24, 2.45) is 0 Å². The average Bonchev–Trinajstić information content (AvgIpc) is 2.54. The van der Waals surface area contributed by atoms with E-state index in [-0.39, 0.29) is 17.0 Å². The topological polar surface area (TPSA) is 86.8 Å². The van der Waals surface area contributed by atoms with Crippen molar-refractivity contribution in [2.75, 3.05) is 13.2 Å². The van der Waals surface area contributed by atoms with Gasteiger partial charge in [0.1, 0.15) is 13.2 Å². The van der Waals surface area contributed by atoms with E-state index < -0.39 is 0 Å². The molecular weight excluding hydrogens is 274 g/mol. The summed E-state index contributed by atoms with van der Waals surface area (Å²) in [4.78, 5) is 21.8. The van der Waals surface area contributed by atoms with Crippen molar-refractivity contribution < 1.29 is 24.6 Å². The number of phenolic OH excluding ortho intramolecular Hbond substituents is 1. The van der Waals surface area contributed by atoms with Crippen LogP contribution in [0.15, 0.2) is 30.3 Å². The molecule has 0 aliphatic carbocycles. The molecule has 21 heavy (non-hydrogen) atoms. The largest absolute Gasteiger partial charge is 0.502 e. The van der Waals surface area contributed by atoms with Gasteiger partial charge >= 0.3 is 0 Å². The Kier molecular flexibility index (Phi) is 3.27. The first-order valence-corrected chi connectivity index (χ1v) is 6.33. The summed E-state index contributed by atoms with van der Waals surface area (Å²) < 4.78 is 10.9. The van der Waals surface area contributed by atoms with E-state index in [0.717, 1.165) is 5.56 Å². The quantitative estimate of drug-likeness (QED) is 0.652. The van der Waals surface area contributed by atoms with Gasteiger partial charge in [-0.1, -0.05) is 6.07 Å². The van der Waals surface area contributed by atoms with Crippen LogP contribution in [-0.2, 0) is 0 Å². The molecule has 1 heterocycles. The zero-order valence-electron chi connectivity index (χ0n) is 11.0. The van der Waals surface area contributed by atoms with Crippen LogP contribution in [0.25, 0.3) is 11.1 Å². The number of hydrogen-bond donors (Lipinski definition) is 2. The van der Waals surface area contributed by atoms with Gasteiger partial charge < -0.3 is 14.6 Å². The number of ether oxygens (including phenoxy) is 2. The van der Waals surface area contributed by atoms with Gasteiger partial charge in [0, 0.05) is 16.2 Å². The number of hydrogen-bond acceptors (Lipinski definition) is 5. The highest BCUT2D eigenvalue weighted by molar-refractivity contribution is 5.86. The smallest absolute Gasteiger partial charge is 0.296 e. The van der Waals surface area contributed by atoms with Crippen molar-refractivity contribution in [1.82, 2.24) is 0 Å². The van der Waals surface area contributed by atoms with Crippen molar-refractivity contribution in [2.45, 2.75) is 0 Å². The highest BCUT2D eigenvalue weighted by Gasteiger charge is 2.17. The lowest BCUT2D eigenvalue weighted by Gasteiger charge is -2.19. The second-order valence-electron chi connectivity index (χ2n) is 4.54. The zero-order valence-corrected chi connectivity index (χ0v) is 11.0. The van der Waals surface area contributed by atoms with Gasteiger partial charge in [-0.25, -0.2) is 0 Å². The molecule has 2 aromatic carbocycles. The molecule has 0 saturated heterocycles. The van der Waals surface area contributed by atoms with E-state index in [2.05, 4.69) is 0 Å². The van der Waals surface area contributed by atoms with Crippen LogP contribution < -0.4 is 14.7 Å². The molecule has 0 aromatic heterocycles. The number of rotatable bonds is 3. The minimum atomic E-state index is -0.360. The summed E-state index contributed by atoms with van der Waals surface area (Å²) in [5.41, 5.74) is 1.36. The molecule has 0 amide bonds. The van der Waals surface area contributed by atoms with Crippen LogP contribution >= 0.6 is 0 Å². The van der Waals surface area contributed by atoms with Crippen molar-refractivity contribution in [3.05, 3.63) is 40.8 Å². The van der Waals surface area contributed by atoms with E-state index in [0.29, 0.717) is 36.6 Å². The normalized spacial score (nSPS) is 12.8. The number of aromatic hydroxyl groups is 1. The molecule has 0 spiro atoms. The summed E-state index contributed by atoms with van der Waals surface area (Å²) in [6, 6.07) is 8.31. The summed E-state index contributed by atoms with van der Waals surface area (Å²) in [7, 11) is 0. The first-order chi connectivity index (χ1) is 10.2. The van der Waals surface area contributed by atoms with Gasteiger partial charge in [0.15, 0.2) is 17.8 Å². The predicted molar refractivity (Wildman–Crippen MR) is 73.9 cm³/mol. The maximum atomic E-state index is 11.0. The zero-order chi connectivity index (χ0) is 14.8. The molecule has 2 aromatic rings. The van der Waals surface area contributed by atoms with Gasteiger partial charge in [0.2, 0.25) is 5.75 Å². The average molecular weight is 286 g/mol. The van der Waals surface area contributed by atoms with Crippen LogP contribution in [0.1, 0.15) is 10.4 Å².